The maximum absolute atomic E-state index is 13.4. The molecule has 0 aliphatic carbocycles. The van der Waals surface area contributed by atoms with Crippen LogP contribution in [0.5, 0.6) is 5.88 Å². The summed E-state index contributed by atoms with van der Waals surface area (Å²) in [6.07, 6.45) is 8.07. The third-order valence-corrected chi connectivity index (χ3v) is 8.16. The Labute approximate surface area is 252 Å². The first-order valence-corrected chi connectivity index (χ1v) is 15.1. The average molecular weight is 572 g/mol. The standard InChI is InChI=1S/C36H37N5O2/c1-2-31(26-10-5-3-6-11-26)39-35(42)27-15-18-32-30(22-27)33(36(43)40-32)34(28-12-9-19-37-23-28)38-29-16-13-25(14-17-29)24-41-20-7-4-8-21-41/h3,5-6,9-19,22-23,31,40,43H,2,4,7-8,20-21,24H2,1H3,(H,39,42)/t31-/m1/s1. The number of hydrogen-bond acceptors (Lipinski definition) is 5. The van der Waals surface area contributed by atoms with Gasteiger partial charge in [-0.1, -0.05) is 55.8 Å². The van der Waals surface area contributed by atoms with Crippen LogP contribution in [0.4, 0.5) is 5.69 Å². The molecular formula is C36H37N5O2. The number of H-pyrrole nitrogens is 1. The van der Waals surface area contributed by atoms with Gasteiger partial charge in [-0.3, -0.25) is 14.7 Å². The second-order valence-electron chi connectivity index (χ2n) is 11.2. The number of fused-ring (bicyclic) bond motifs is 1. The van der Waals surface area contributed by atoms with Gasteiger partial charge in [0.1, 0.15) is 0 Å². The molecule has 7 nitrogen and oxygen atoms in total. The lowest BCUT2D eigenvalue weighted by molar-refractivity contribution is 0.0935. The molecule has 218 valence electrons. The Morgan fingerprint density at radius 3 is 2.49 bits per heavy atom. The summed E-state index contributed by atoms with van der Waals surface area (Å²) in [4.78, 5) is 28.4. The SMILES string of the molecule is CC[C@@H](NC(=O)c1ccc2[nH]c(O)c(C(=Nc3ccc(CN4CCCCC4)cc3)c3cccnc3)c2c1)c1ccccc1. The van der Waals surface area contributed by atoms with Crippen molar-refractivity contribution in [3.05, 3.63) is 125 Å². The van der Waals surface area contributed by atoms with Crippen LogP contribution in [-0.2, 0) is 6.54 Å². The number of pyridine rings is 1. The molecule has 6 rings (SSSR count). The van der Waals surface area contributed by atoms with E-state index in [1.165, 1.54) is 24.8 Å². The molecule has 1 amide bonds. The summed E-state index contributed by atoms with van der Waals surface area (Å²) in [7, 11) is 0. The minimum atomic E-state index is -0.173. The van der Waals surface area contributed by atoms with Gasteiger partial charge in [0.25, 0.3) is 5.91 Å². The number of benzene rings is 3. The van der Waals surface area contributed by atoms with Crippen molar-refractivity contribution >= 4 is 28.2 Å². The largest absolute Gasteiger partial charge is 0.494 e. The zero-order valence-electron chi connectivity index (χ0n) is 24.5. The van der Waals surface area contributed by atoms with Gasteiger partial charge in [-0.15, -0.1) is 0 Å². The Morgan fingerprint density at radius 2 is 1.77 bits per heavy atom. The normalized spacial score (nSPS) is 15.0. The van der Waals surface area contributed by atoms with E-state index in [1.54, 1.807) is 18.5 Å². The van der Waals surface area contributed by atoms with Crippen molar-refractivity contribution in [3.8, 4) is 5.88 Å². The maximum atomic E-state index is 13.4. The van der Waals surface area contributed by atoms with Gasteiger partial charge < -0.3 is 15.4 Å². The number of rotatable bonds is 9. The molecule has 2 aromatic heterocycles. The Bertz CT molecular complexity index is 1710. The number of piperidine rings is 1. The summed E-state index contributed by atoms with van der Waals surface area (Å²) < 4.78 is 0. The van der Waals surface area contributed by atoms with Crippen LogP contribution in [0.1, 0.15) is 71.3 Å². The van der Waals surface area contributed by atoms with Gasteiger partial charge in [0.15, 0.2) is 5.88 Å². The average Bonchev–Trinajstić information content (AvgIpc) is 3.39. The van der Waals surface area contributed by atoms with E-state index in [2.05, 4.69) is 39.2 Å². The minimum Gasteiger partial charge on any atom is -0.494 e. The smallest absolute Gasteiger partial charge is 0.251 e. The molecule has 3 N–H and O–H groups in total. The summed E-state index contributed by atoms with van der Waals surface area (Å²) in [5.74, 6) is -0.180. The number of hydrogen-bond donors (Lipinski definition) is 3. The summed E-state index contributed by atoms with van der Waals surface area (Å²) >= 11 is 0. The van der Waals surface area contributed by atoms with E-state index in [9.17, 15) is 9.90 Å². The fraction of sp³-hybridized carbons (Fsp3) is 0.250. The van der Waals surface area contributed by atoms with Crippen molar-refractivity contribution in [2.45, 2.75) is 45.2 Å². The molecule has 5 aromatic rings. The molecule has 7 heteroatoms. The zero-order chi connectivity index (χ0) is 29.6. The van der Waals surface area contributed by atoms with Crippen LogP contribution in [-0.4, -0.2) is 44.7 Å². The van der Waals surface area contributed by atoms with Gasteiger partial charge in [-0.25, -0.2) is 4.99 Å². The van der Waals surface area contributed by atoms with Crippen molar-refractivity contribution in [1.29, 1.82) is 0 Å². The van der Waals surface area contributed by atoms with Gasteiger partial charge in [0.05, 0.1) is 23.0 Å². The van der Waals surface area contributed by atoms with Crippen LogP contribution in [0, 0.1) is 0 Å². The first-order valence-electron chi connectivity index (χ1n) is 15.1. The molecular weight excluding hydrogens is 534 g/mol. The van der Waals surface area contributed by atoms with Gasteiger partial charge in [-0.2, -0.15) is 0 Å². The highest BCUT2D eigenvalue weighted by molar-refractivity contribution is 6.22. The number of nitrogens with one attached hydrogen (secondary N) is 2. The van der Waals surface area contributed by atoms with Crippen LogP contribution in [0.3, 0.4) is 0 Å². The van der Waals surface area contributed by atoms with E-state index in [-0.39, 0.29) is 17.8 Å². The van der Waals surface area contributed by atoms with Crippen molar-refractivity contribution in [2.75, 3.05) is 13.1 Å². The number of aromatic hydroxyl groups is 1. The summed E-state index contributed by atoms with van der Waals surface area (Å²) in [6.45, 7) is 5.30. The Hall–Kier alpha value is -4.75. The third kappa shape index (κ3) is 6.52. The minimum absolute atomic E-state index is 0.00685. The van der Waals surface area contributed by atoms with E-state index in [0.29, 0.717) is 27.7 Å². The summed E-state index contributed by atoms with van der Waals surface area (Å²) in [5.41, 5.74) is 6.20. The number of carbonyl (C=O) groups is 1. The van der Waals surface area contributed by atoms with E-state index >= 15 is 0 Å². The van der Waals surface area contributed by atoms with Gasteiger partial charge in [-0.05, 0) is 85.9 Å². The second-order valence-corrected chi connectivity index (χ2v) is 11.2. The van der Waals surface area contributed by atoms with E-state index in [4.69, 9.17) is 4.99 Å². The van der Waals surface area contributed by atoms with Crippen molar-refractivity contribution in [3.63, 3.8) is 0 Å². The Kier molecular flexibility index (Phi) is 8.61. The zero-order valence-corrected chi connectivity index (χ0v) is 24.5. The number of aromatic nitrogens is 2. The van der Waals surface area contributed by atoms with Crippen LogP contribution in [0.15, 0.2) is 102 Å². The molecule has 0 radical (unpaired) electrons. The first-order chi connectivity index (χ1) is 21.1. The maximum Gasteiger partial charge on any atom is 0.251 e. The number of carbonyl (C=O) groups excluding carboxylic acids is 1. The number of aromatic amines is 1. The van der Waals surface area contributed by atoms with Gasteiger partial charge in [0.2, 0.25) is 0 Å². The third-order valence-electron chi connectivity index (χ3n) is 8.16. The molecule has 3 aromatic carbocycles. The number of amides is 1. The van der Waals surface area contributed by atoms with Gasteiger partial charge in [0, 0.05) is 41.0 Å². The van der Waals surface area contributed by atoms with Crippen molar-refractivity contribution in [1.82, 2.24) is 20.2 Å². The topological polar surface area (TPSA) is 93.6 Å². The van der Waals surface area contributed by atoms with Crippen molar-refractivity contribution < 1.29 is 9.90 Å². The van der Waals surface area contributed by atoms with E-state index < -0.39 is 0 Å². The molecule has 0 spiro atoms. The van der Waals surface area contributed by atoms with E-state index in [0.717, 1.165) is 42.9 Å². The van der Waals surface area contributed by atoms with Crippen LogP contribution in [0.25, 0.3) is 10.9 Å². The quantitative estimate of drug-likeness (QED) is 0.162. The lowest BCUT2D eigenvalue weighted by atomic mass is 10.00. The molecule has 1 aliphatic heterocycles. The highest BCUT2D eigenvalue weighted by Gasteiger charge is 2.21. The molecule has 0 unspecified atom stereocenters. The predicted molar refractivity (Wildman–Crippen MR) is 172 cm³/mol. The molecule has 1 saturated heterocycles. The van der Waals surface area contributed by atoms with Gasteiger partial charge >= 0.3 is 0 Å². The lowest BCUT2D eigenvalue weighted by Gasteiger charge is -2.26. The Balaban J connectivity index is 1.34. The van der Waals surface area contributed by atoms with Crippen molar-refractivity contribution in [2.24, 2.45) is 4.99 Å². The monoisotopic (exact) mass is 571 g/mol. The number of aliphatic imine (C=N–C) groups is 1. The molecule has 3 heterocycles. The molecule has 1 atom stereocenters. The highest BCUT2D eigenvalue weighted by atomic mass is 16.3. The fourth-order valence-electron chi connectivity index (χ4n) is 5.86. The Morgan fingerprint density at radius 1 is 0.977 bits per heavy atom. The predicted octanol–water partition coefficient (Wildman–Crippen LogP) is 7.30. The summed E-state index contributed by atoms with van der Waals surface area (Å²) in [6, 6.07) is 27.4. The number of likely N-dealkylation sites (tertiary alicyclic amines) is 1. The van der Waals surface area contributed by atoms with Crippen LogP contribution in [0.2, 0.25) is 0 Å². The molecule has 1 aliphatic rings. The van der Waals surface area contributed by atoms with Crippen LogP contribution >= 0.6 is 0 Å². The van der Waals surface area contributed by atoms with E-state index in [1.807, 2.05) is 66.7 Å². The molecule has 43 heavy (non-hydrogen) atoms. The molecule has 0 bridgehead atoms. The molecule has 1 fully saturated rings. The second kappa shape index (κ2) is 13.0. The lowest BCUT2D eigenvalue weighted by Crippen LogP contribution is -2.28. The fourth-order valence-corrected chi connectivity index (χ4v) is 5.86. The highest BCUT2D eigenvalue weighted by Crippen LogP contribution is 2.32. The molecule has 0 saturated carbocycles. The summed E-state index contributed by atoms with van der Waals surface area (Å²) in [5, 5.41) is 15.0. The number of nitrogens with zero attached hydrogens (tertiary/aromatic N) is 3. The van der Waals surface area contributed by atoms with Crippen LogP contribution < -0.4 is 5.32 Å². The first kappa shape index (κ1) is 28.4.